The Hall–Kier alpha value is -2.02. The predicted octanol–water partition coefficient (Wildman–Crippen LogP) is 3.39. The van der Waals surface area contributed by atoms with Gasteiger partial charge in [-0.05, 0) is 75.5 Å². The van der Waals surface area contributed by atoms with Crippen LogP contribution in [0.15, 0.2) is 63.1 Å². The molecule has 0 bridgehead atoms. The van der Waals surface area contributed by atoms with Crippen LogP contribution in [0.4, 0.5) is 0 Å². The highest BCUT2D eigenvalue weighted by atomic mass is 32.2. The highest BCUT2D eigenvalue weighted by Crippen LogP contribution is 2.64. The van der Waals surface area contributed by atoms with Crippen molar-refractivity contribution in [1.82, 2.24) is 0 Å². The summed E-state index contributed by atoms with van der Waals surface area (Å²) in [5, 5.41) is 10.9. The Morgan fingerprint density at radius 2 is 1.71 bits per heavy atom. The fraction of sp³-hybridized carbons (Fsp3) is 0.409. The van der Waals surface area contributed by atoms with Crippen LogP contribution in [-0.4, -0.2) is 31.5 Å². The Kier molecular flexibility index (Phi) is 4.13. The average molecular weight is 400 g/mol. The van der Waals surface area contributed by atoms with E-state index < -0.39 is 21.1 Å². The van der Waals surface area contributed by atoms with Gasteiger partial charge in [-0.1, -0.05) is 23.3 Å². The van der Waals surface area contributed by atoms with Crippen molar-refractivity contribution in [2.45, 2.75) is 51.0 Å². The fourth-order valence-corrected chi connectivity index (χ4v) is 5.39. The molecule has 1 saturated carbocycles. The number of carbonyl (C=O) groups excluding carboxylic acids is 1. The molecule has 1 atom stereocenters. The molecule has 1 fully saturated rings. The zero-order chi connectivity index (χ0) is 20.5. The molecular formula is C22H24O5S. The predicted molar refractivity (Wildman–Crippen MR) is 105 cm³/mol. The van der Waals surface area contributed by atoms with Crippen molar-refractivity contribution in [2.24, 2.45) is 5.41 Å². The molecule has 1 spiro atoms. The van der Waals surface area contributed by atoms with Crippen LogP contribution >= 0.6 is 0 Å². The van der Waals surface area contributed by atoms with E-state index in [4.69, 9.17) is 4.18 Å². The van der Waals surface area contributed by atoms with Gasteiger partial charge in [-0.2, -0.15) is 8.42 Å². The average Bonchev–Trinajstić information content (AvgIpc) is 3.38. The van der Waals surface area contributed by atoms with Crippen molar-refractivity contribution in [3.63, 3.8) is 0 Å². The Balaban J connectivity index is 1.66. The number of hydrogen-bond donors (Lipinski definition) is 1. The fourth-order valence-electron chi connectivity index (χ4n) is 4.51. The quantitative estimate of drug-likeness (QED) is 0.784. The largest absolute Gasteiger partial charge is 0.381 e. The number of hydrogen-bond acceptors (Lipinski definition) is 5. The SMILES string of the molecule is CC1=C(COS(=O)(=O)c2ccc(C)cc2)C2=C(C)C3(CC3)[C@@](C)(O)C(=O)C2=C1. The molecule has 0 aromatic heterocycles. The molecule has 0 unspecified atom stereocenters. The molecule has 3 aliphatic rings. The highest BCUT2D eigenvalue weighted by Gasteiger charge is 2.65. The molecule has 0 saturated heterocycles. The maximum atomic E-state index is 12.9. The lowest BCUT2D eigenvalue weighted by molar-refractivity contribution is -0.137. The lowest BCUT2D eigenvalue weighted by atomic mass is 9.67. The van der Waals surface area contributed by atoms with E-state index in [0.717, 1.165) is 35.1 Å². The molecule has 28 heavy (non-hydrogen) atoms. The van der Waals surface area contributed by atoms with Gasteiger partial charge in [-0.25, -0.2) is 0 Å². The van der Waals surface area contributed by atoms with E-state index in [0.29, 0.717) is 11.1 Å². The van der Waals surface area contributed by atoms with Gasteiger partial charge in [0, 0.05) is 11.0 Å². The third-order valence-electron chi connectivity index (χ3n) is 6.54. The van der Waals surface area contributed by atoms with Gasteiger partial charge in [0.15, 0.2) is 5.78 Å². The number of aryl methyl sites for hydroxylation is 1. The molecule has 5 nitrogen and oxygen atoms in total. The molecule has 1 aromatic rings. The van der Waals surface area contributed by atoms with Crippen LogP contribution in [0.1, 0.15) is 39.2 Å². The molecule has 0 radical (unpaired) electrons. The summed E-state index contributed by atoms with van der Waals surface area (Å²) < 4.78 is 30.5. The lowest BCUT2D eigenvalue weighted by Gasteiger charge is -2.39. The second-order valence-electron chi connectivity index (χ2n) is 8.23. The summed E-state index contributed by atoms with van der Waals surface area (Å²) in [6.45, 7) is 7.11. The van der Waals surface area contributed by atoms with Crippen molar-refractivity contribution in [3.05, 3.63) is 63.8 Å². The van der Waals surface area contributed by atoms with E-state index in [1.54, 1.807) is 25.1 Å². The third-order valence-corrected chi connectivity index (χ3v) is 7.82. The number of fused-ring (bicyclic) bond motifs is 1. The maximum Gasteiger partial charge on any atom is 0.297 e. The van der Waals surface area contributed by atoms with E-state index in [1.807, 2.05) is 20.8 Å². The summed E-state index contributed by atoms with van der Waals surface area (Å²) in [4.78, 5) is 13.0. The van der Waals surface area contributed by atoms with Crippen molar-refractivity contribution in [2.75, 3.05) is 6.61 Å². The number of ketones is 1. The minimum atomic E-state index is -3.91. The third kappa shape index (κ3) is 2.59. The van der Waals surface area contributed by atoms with Gasteiger partial charge in [0.2, 0.25) is 0 Å². The van der Waals surface area contributed by atoms with E-state index in [-0.39, 0.29) is 17.3 Å². The van der Waals surface area contributed by atoms with Gasteiger partial charge in [0.25, 0.3) is 10.1 Å². The highest BCUT2D eigenvalue weighted by molar-refractivity contribution is 7.86. The van der Waals surface area contributed by atoms with Crippen molar-refractivity contribution in [1.29, 1.82) is 0 Å². The van der Waals surface area contributed by atoms with Crippen LogP contribution in [0, 0.1) is 12.3 Å². The van der Waals surface area contributed by atoms with Crippen molar-refractivity contribution < 1.29 is 22.5 Å². The summed E-state index contributed by atoms with van der Waals surface area (Å²) in [6, 6.07) is 6.49. The van der Waals surface area contributed by atoms with Gasteiger partial charge < -0.3 is 5.11 Å². The van der Waals surface area contributed by atoms with Gasteiger partial charge in [0.1, 0.15) is 5.60 Å². The van der Waals surface area contributed by atoms with Gasteiger partial charge in [0.05, 0.1) is 11.5 Å². The van der Waals surface area contributed by atoms with E-state index in [1.165, 1.54) is 12.1 Å². The number of aliphatic hydroxyl groups is 1. The van der Waals surface area contributed by atoms with Gasteiger partial charge in [-0.3, -0.25) is 8.98 Å². The van der Waals surface area contributed by atoms with Crippen LogP contribution in [0.25, 0.3) is 0 Å². The zero-order valence-corrected chi connectivity index (χ0v) is 17.3. The normalized spacial score (nSPS) is 26.0. The molecule has 0 amide bonds. The Morgan fingerprint density at radius 3 is 2.29 bits per heavy atom. The number of Topliss-reactive ketones (excluding diaryl/α,β-unsaturated/α-hetero) is 1. The lowest BCUT2D eigenvalue weighted by Crippen LogP contribution is -2.49. The molecule has 3 aliphatic carbocycles. The van der Waals surface area contributed by atoms with E-state index in [2.05, 4.69) is 0 Å². The monoisotopic (exact) mass is 400 g/mol. The number of rotatable bonds is 4. The molecule has 6 heteroatoms. The zero-order valence-electron chi connectivity index (χ0n) is 16.5. The first-order valence-corrected chi connectivity index (χ1v) is 10.8. The standard InChI is InChI=1S/C22H24O5S/c1-13-5-7-16(8-6-13)28(25,26)27-12-18-14(2)11-17-19(18)15(3)22(9-10-22)21(4,24)20(17)23/h5-8,11,24H,9-10,12H2,1-4H3/t21-/m0/s1. The Bertz CT molecular complexity index is 1080. The number of allylic oxidation sites excluding steroid dienone is 2. The van der Waals surface area contributed by atoms with Crippen LogP contribution in [0.2, 0.25) is 0 Å². The van der Waals surface area contributed by atoms with Crippen molar-refractivity contribution >= 4 is 15.9 Å². The second-order valence-corrected chi connectivity index (χ2v) is 9.85. The van der Waals surface area contributed by atoms with Gasteiger partial charge in [-0.15, -0.1) is 0 Å². The first-order valence-electron chi connectivity index (χ1n) is 9.38. The Morgan fingerprint density at radius 1 is 1.11 bits per heavy atom. The van der Waals surface area contributed by atoms with Gasteiger partial charge >= 0.3 is 0 Å². The van der Waals surface area contributed by atoms with Crippen LogP contribution in [0.5, 0.6) is 0 Å². The first-order chi connectivity index (χ1) is 13.0. The van der Waals surface area contributed by atoms with E-state index >= 15 is 0 Å². The maximum absolute atomic E-state index is 12.9. The molecule has 1 aromatic carbocycles. The number of carbonyl (C=O) groups is 1. The molecule has 1 N–H and O–H groups in total. The number of benzene rings is 1. The smallest absolute Gasteiger partial charge is 0.297 e. The first kappa shape index (κ1) is 19.3. The molecular weight excluding hydrogens is 376 g/mol. The molecule has 4 rings (SSSR count). The topological polar surface area (TPSA) is 80.7 Å². The Labute approximate surface area is 165 Å². The minimum absolute atomic E-state index is 0.106. The second kappa shape index (κ2) is 5.99. The van der Waals surface area contributed by atoms with Crippen molar-refractivity contribution in [3.8, 4) is 0 Å². The molecule has 148 valence electrons. The molecule has 0 heterocycles. The summed E-state index contributed by atoms with van der Waals surface area (Å²) in [5.74, 6) is -0.290. The van der Waals surface area contributed by atoms with Crippen LogP contribution in [0.3, 0.4) is 0 Å². The summed E-state index contributed by atoms with van der Waals surface area (Å²) in [6.07, 6.45) is 3.24. The van der Waals surface area contributed by atoms with Crippen LogP contribution in [-0.2, 0) is 19.1 Å². The molecule has 0 aliphatic heterocycles. The minimum Gasteiger partial charge on any atom is -0.381 e. The summed E-state index contributed by atoms with van der Waals surface area (Å²) in [7, 11) is -3.91. The van der Waals surface area contributed by atoms with Crippen LogP contribution < -0.4 is 0 Å². The summed E-state index contributed by atoms with van der Waals surface area (Å²) in [5.41, 5.74) is 2.68. The van der Waals surface area contributed by atoms with E-state index in [9.17, 15) is 18.3 Å². The summed E-state index contributed by atoms with van der Waals surface area (Å²) >= 11 is 0.